The molecule has 0 spiro atoms. The Kier molecular flexibility index (Phi) is 4.20. The summed E-state index contributed by atoms with van der Waals surface area (Å²) in [7, 11) is -1.65. The monoisotopic (exact) mass is 284 g/mol. The summed E-state index contributed by atoms with van der Waals surface area (Å²) in [6, 6.07) is 6.01. The maximum absolute atomic E-state index is 6.31. The molecule has 0 aromatic heterocycles. The van der Waals surface area contributed by atoms with Gasteiger partial charge in [-0.3, -0.25) is 0 Å². The summed E-state index contributed by atoms with van der Waals surface area (Å²) < 4.78 is 6.16. The van der Waals surface area contributed by atoms with Gasteiger partial charge in [-0.25, -0.2) is 0 Å². The minimum atomic E-state index is -1.65. The van der Waals surface area contributed by atoms with Crippen molar-refractivity contribution in [1.82, 2.24) is 5.32 Å². The van der Waals surface area contributed by atoms with Crippen LogP contribution in [0.3, 0.4) is 0 Å². The lowest BCUT2D eigenvalue weighted by Gasteiger charge is -2.32. The Balaban J connectivity index is 2.30. The normalized spacial score (nSPS) is 16.8. The third-order valence-corrected chi connectivity index (χ3v) is 3.93. The number of piperazine rings is 1. The number of rotatable bonds is 3. The third-order valence-electron chi connectivity index (χ3n) is 2.81. The molecule has 1 aromatic rings. The Hall–Kier alpha value is -0.713. The van der Waals surface area contributed by atoms with Crippen LogP contribution in [0.1, 0.15) is 0 Å². The SMILES string of the molecule is C[Si](C)(C)Oc1c(Cl)cccc1N1CCNCC1. The van der Waals surface area contributed by atoms with Gasteiger partial charge in [0.05, 0.1) is 10.7 Å². The van der Waals surface area contributed by atoms with Gasteiger partial charge in [0.1, 0.15) is 5.75 Å². The lowest BCUT2D eigenvalue weighted by molar-refractivity contribution is 0.542. The van der Waals surface area contributed by atoms with Crippen LogP contribution in [0.25, 0.3) is 0 Å². The van der Waals surface area contributed by atoms with Gasteiger partial charge < -0.3 is 14.6 Å². The van der Waals surface area contributed by atoms with Crippen molar-refractivity contribution in [1.29, 1.82) is 0 Å². The van der Waals surface area contributed by atoms with Crippen LogP contribution < -0.4 is 14.6 Å². The first-order chi connectivity index (χ1) is 8.47. The maximum Gasteiger partial charge on any atom is 0.242 e. The van der Waals surface area contributed by atoms with Gasteiger partial charge in [0.2, 0.25) is 8.32 Å². The summed E-state index contributed by atoms with van der Waals surface area (Å²) in [5.41, 5.74) is 1.13. The molecule has 1 heterocycles. The summed E-state index contributed by atoms with van der Waals surface area (Å²) in [6.07, 6.45) is 0. The molecule has 0 radical (unpaired) electrons. The van der Waals surface area contributed by atoms with Gasteiger partial charge in [-0.1, -0.05) is 17.7 Å². The topological polar surface area (TPSA) is 24.5 Å². The predicted molar refractivity (Wildman–Crippen MR) is 80.5 cm³/mol. The molecule has 1 N–H and O–H groups in total. The Bertz CT molecular complexity index is 414. The zero-order valence-electron chi connectivity index (χ0n) is 11.3. The number of nitrogens with one attached hydrogen (secondary N) is 1. The summed E-state index contributed by atoms with van der Waals surface area (Å²) in [5, 5.41) is 4.08. The summed E-state index contributed by atoms with van der Waals surface area (Å²) >= 11 is 6.31. The second kappa shape index (κ2) is 5.51. The number of hydrogen-bond donors (Lipinski definition) is 1. The molecule has 1 saturated heterocycles. The molecule has 3 nitrogen and oxygen atoms in total. The summed E-state index contributed by atoms with van der Waals surface area (Å²) in [4.78, 5) is 2.35. The van der Waals surface area contributed by atoms with Crippen LogP contribution in [0.4, 0.5) is 5.69 Å². The summed E-state index contributed by atoms with van der Waals surface area (Å²) in [5.74, 6) is 0.861. The molecule has 1 aliphatic heterocycles. The maximum atomic E-state index is 6.31. The van der Waals surface area contributed by atoms with Crippen molar-refractivity contribution in [2.24, 2.45) is 0 Å². The van der Waals surface area contributed by atoms with Crippen LogP contribution in [0.15, 0.2) is 18.2 Å². The zero-order valence-corrected chi connectivity index (χ0v) is 13.0. The van der Waals surface area contributed by atoms with Crippen molar-refractivity contribution in [2.45, 2.75) is 19.6 Å². The van der Waals surface area contributed by atoms with Gasteiger partial charge in [0, 0.05) is 26.2 Å². The van der Waals surface area contributed by atoms with E-state index in [1.165, 1.54) is 0 Å². The molecular weight excluding hydrogens is 264 g/mol. The average molecular weight is 285 g/mol. The fourth-order valence-corrected chi connectivity index (χ4v) is 3.16. The van der Waals surface area contributed by atoms with Crippen LogP contribution in [0.5, 0.6) is 5.75 Å². The number of benzene rings is 1. The second-order valence-electron chi connectivity index (χ2n) is 5.54. The van der Waals surface area contributed by atoms with E-state index in [9.17, 15) is 0 Å². The number of para-hydroxylation sites is 1. The van der Waals surface area contributed by atoms with Crippen molar-refractivity contribution >= 4 is 25.6 Å². The number of halogens is 1. The molecule has 100 valence electrons. The molecule has 0 aliphatic carbocycles. The van der Waals surface area contributed by atoms with Gasteiger partial charge >= 0.3 is 0 Å². The Morgan fingerprint density at radius 3 is 2.50 bits per heavy atom. The van der Waals surface area contributed by atoms with Crippen molar-refractivity contribution in [3.63, 3.8) is 0 Å². The van der Waals surface area contributed by atoms with Crippen molar-refractivity contribution < 1.29 is 4.43 Å². The molecular formula is C13H21ClN2OSi. The van der Waals surface area contributed by atoms with Crippen molar-refractivity contribution in [2.75, 3.05) is 31.1 Å². The van der Waals surface area contributed by atoms with E-state index in [1.807, 2.05) is 12.1 Å². The first-order valence-electron chi connectivity index (χ1n) is 6.40. The minimum Gasteiger partial charge on any atom is -0.542 e. The Morgan fingerprint density at radius 1 is 1.22 bits per heavy atom. The van der Waals surface area contributed by atoms with Crippen LogP contribution >= 0.6 is 11.6 Å². The van der Waals surface area contributed by atoms with Crippen LogP contribution in [-0.2, 0) is 0 Å². The predicted octanol–water partition coefficient (Wildman–Crippen LogP) is 2.96. The molecule has 0 saturated carbocycles. The third kappa shape index (κ3) is 3.40. The standard InChI is InChI=1S/C13H21ClN2OSi/c1-18(2,3)17-13-11(14)5-4-6-12(13)16-9-7-15-8-10-16/h4-6,15H,7-10H2,1-3H3. The molecule has 0 atom stereocenters. The van der Waals surface area contributed by atoms with E-state index in [0.717, 1.165) is 37.6 Å². The number of anilines is 1. The first kappa shape index (κ1) is 13.7. The van der Waals surface area contributed by atoms with E-state index in [1.54, 1.807) is 0 Å². The first-order valence-corrected chi connectivity index (χ1v) is 10.2. The van der Waals surface area contributed by atoms with Gasteiger partial charge in [-0.15, -0.1) is 0 Å². The lowest BCUT2D eigenvalue weighted by atomic mass is 10.2. The van der Waals surface area contributed by atoms with E-state index in [-0.39, 0.29) is 0 Å². The van der Waals surface area contributed by atoms with Gasteiger partial charge in [-0.2, -0.15) is 0 Å². The minimum absolute atomic E-state index is 0.716. The Morgan fingerprint density at radius 2 is 1.89 bits per heavy atom. The van der Waals surface area contributed by atoms with Crippen molar-refractivity contribution in [3.8, 4) is 5.75 Å². The largest absolute Gasteiger partial charge is 0.542 e. The number of nitrogens with zero attached hydrogens (tertiary/aromatic N) is 1. The van der Waals surface area contributed by atoms with Crippen LogP contribution in [0.2, 0.25) is 24.7 Å². The highest BCUT2D eigenvalue weighted by molar-refractivity contribution is 6.70. The smallest absolute Gasteiger partial charge is 0.242 e. The number of hydrogen-bond acceptors (Lipinski definition) is 3. The molecule has 5 heteroatoms. The zero-order chi connectivity index (χ0) is 13.2. The average Bonchev–Trinajstić information content (AvgIpc) is 2.31. The van der Waals surface area contributed by atoms with E-state index < -0.39 is 8.32 Å². The van der Waals surface area contributed by atoms with E-state index in [2.05, 4.69) is 35.9 Å². The van der Waals surface area contributed by atoms with Gasteiger partial charge in [0.25, 0.3) is 0 Å². The van der Waals surface area contributed by atoms with Crippen LogP contribution in [0, 0.1) is 0 Å². The Labute approximate surface area is 115 Å². The van der Waals surface area contributed by atoms with Gasteiger partial charge in [-0.05, 0) is 31.8 Å². The molecule has 0 amide bonds. The highest BCUT2D eigenvalue weighted by Gasteiger charge is 2.23. The molecule has 0 unspecified atom stereocenters. The second-order valence-corrected chi connectivity index (χ2v) is 10.4. The molecule has 0 bridgehead atoms. The fraction of sp³-hybridized carbons (Fsp3) is 0.538. The molecule has 2 rings (SSSR count). The van der Waals surface area contributed by atoms with E-state index in [4.69, 9.17) is 16.0 Å². The highest BCUT2D eigenvalue weighted by atomic mass is 35.5. The molecule has 1 fully saturated rings. The lowest BCUT2D eigenvalue weighted by Crippen LogP contribution is -2.44. The van der Waals surface area contributed by atoms with Gasteiger partial charge in [0.15, 0.2) is 0 Å². The fourth-order valence-electron chi connectivity index (χ4n) is 2.06. The molecule has 1 aliphatic rings. The van der Waals surface area contributed by atoms with Crippen LogP contribution in [-0.4, -0.2) is 34.5 Å². The van der Waals surface area contributed by atoms with Crippen molar-refractivity contribution in [3.05, 3.63) is 23.2 Å². The highest BCUT2D eigenvalue weighted by Crippen LogP contribution is 2.37. The van der Waals surface area contributed by atoms with E-state index >= 15 is 0 Å². The quantitative estimate of drug-likeness (QED) is 0.864. The molecule has 18 heavy (non-hydrogen) atoms. The van der Waals surface area contributed by atoms with E-state index in [0.29, 0.717) is 5.02 Å². The summed E-state index contributed by atoms with van der Waals surface area (Å²) in [6.45, 7) is 10.6. The molecule has 1 aromatic carbocycles.